The number of hydrogen-bond donors (Lipinski definition) is 1. The highest BCUT2D eigenvalue weighted by molar-refractivity contribution is 7.99. The molecule has 0 bridgehead atoms. The molecule has 3 rings (SSSR count). The van der Waals surface area contributed by atoms with Crippen molar-refractivity contribution in [1.82, 2.24) is 5.32 Å². The van der Waals surface area contributed by atoms with Gasteiger partial charge in [-0.1, -0.05) is 26.0 Å². The maximum absolute atomic E-state index is 13.0. The van der Waals surface area contributed by atoms with Crippen LogP contribution in [0.1, 0.15) is 26.7 Å². The Morgan fingerprint density at radius 1 is 1.40 bits per heavy atom. The van der Waals surface area contributed by atoms with Crippen LogP contribution in [0.2, 0.25) is 0 Å². The SMILES string of the molecule is CC1(C)CCCNC1C(=O)N1CCSc2ccccc21. The fraction of sp³-hybridized carbons (Fsp3) is 0.562. The zero-order valence-electron chi connectivity index (χ0n) is 12.2. The third-order valence-electron chi connectivity index (χ3n) is 4.37. The summed E-state index contributed by atoms with van der Waals surface area (Å²) in [5, 5.41) is 3.44. The number of fused-ring (bicyclic) bond motifs is 1. The van der Waals surface area contributed by atoms with E-state index in [9.17, 15) is 4.79 Å². The molecule has 20 heavy (non-hydrogen) atoms. The molecule has 1 saturated heterocycles. The van der Waals surface area contributed by atoms with Gasteiger partial charge in [0, 0.05) is 17.2 Å². The van der Waals surface area contributed by atoms with Crippen molar-refractivity contribution in [3.8, 4) is 0 Å². The lowest BCUT2D eigenvalue weighted by Crippen LogP contribution is -2.57. The molecule has 2 aliphatic rings. The second-order valence-corrected chi connectivity index (χ2v) is 7.42. The molecule has 3 nitrogen and oxygen atoms in total. The van der Waals surface area contributed by atoms with Crippen LogP contribution in [-0.4, -0.2) is 30.8 Å². The van der Waals surface area contributed by atoms with Gasteiger partial charge in [0.1, 0.15) is 0 Å². The molecule has 1 amide bonds. The summed E-state index contributed by atoms with van der Waals surface area (Å²) in [6, 6.07) is 8.17. The van der Waals surface area contributed by atoms with E-state index < -0.39 is 0 Å². The fourth-order valence-electron chi connectivity index (χ4n) is 3.19. The Kier molecular flexibility index (Phi) is 3.78. The summed E-state index contributed by atoms with van der Waals surface area (Å²) in [6.07, 6.45) is 2.27. The van der Waals surface area contributed by atoms with Crippen molar-refractivity contribution in [3.05, 3.63) is 24.3 Å². The zero-order chi connectivity index (χ0) is 14.2. The molecule has 0 aliphatic carbocycles. The topological polar surface area (TPSA) is 32.3 Å². The van der Waals surface area contributed by atoms with Gasteiger partial charge in [0.05, 0.1) is 11.7 Å². The van der Waals surface area contributed by atoms with Crippen LogP contribution in [0.4, 0.5) is 5.69 Å². The monoisotopic (exact) mass is 290 g/mol. The molecule has 0 radical (unpaired) electrons. The van der Waals surface area contributed by atoms with E-state index in [2.05, 4.69) is 31.3 Å². The third-order valence-corrected chi connectivity index (χ3v) is 5.41. The Labute approximate surface area is 125 Å². The summed E-state index contributed by atoms with van der Waals surface area (Å²) in [5.41, 5.74) is 1.12. The molecule has 1 aromatic rings. The van der Waals surface area contributed by atoms with Crippen molar-refractivity contribution in [2.45, 2.75) is 37.6 Å². The number of nitrogens with one attached hydrogen (secondary N) is 1. The summed E-state index contributed by atoms with van der Waals surface area (Å²) in [7, 11) is 0. The number of para-hydroxylation sites is 1. The van der Waals surface area contributed by atoms with E-state index in [4.69, 9.17) is 0 Å². The molecule has 4 heteroatoms. The molecule has 2 heterocycles. The lowest BCUT2D eigenvalue weighted by molar-refractivity contribution is -0.124. The van der Waals surface area contributed by atoms with E-state index in [-0.39, 0.29) is 17.4 Å². The van der Waals surface area contributed by atoms with E-state index in [0.717, 1.165) is 37.4 Å². The highest BCUT2D eigenvalue weighted by atomic mass is 32.2. The van der Waals surface area contributed by atoms with Gasteiger partial charge in [0.2, 0.25) is 5.91 Å². The van der Waals surface area contributed by atoms with Gasteiger partial charge in [0.25, 0.3) is 0 Å². The number of anilines is 1. The van der Waals surface area contributed by atoms with Crippen molar-refractivity contribution in [2.24, 2.45) is 5.41 Å². The van der Waals surface area contributed by atoms with Gasteiger partial charge in [-0.25, -0.2) is 0 Å². The maximum atomic E-state index is 13.0. The molecule has 0 aromatic heterocycles. The first-order valence-corrected chi connectivity index (χ1v) is 8.35. The van der Waals surface area contributed by atoms with Crippen LogP contribution >= 0.6 is 11.8 Å². The maximum Gasteiger partial charge on any atom is 0.244 e. The highest BCUT2D eigenvalue weighted by Gasteiger charge is 2.40. The predicted molar refractivity (Wildman–Crippen MR) is 84.3 cm³/mol. The first-order valence-electron chi connectivity index (χ1n) is 7.36. The Balaban J connectivity index is 1.88. The minimum absolute atomic E-state index is 0.0366. The van der Waals surface area contributed by atoms with Gasteiger partial charge in [0.15, 0.2) is 0 Å². The molecule has 0 saturated carbocycles. The Morgan fingerprint density at radius 3 is 3.00 bits per heavy atom. The summed E-state index contributed by atoms with van der Waals surface area (Å²) in [6.45, 7) is 6.16. The quantitative estimate of drug-likeness (QED) is 0.863. The van der Waals surface area contributed by atoms with Crippen molar-refractivity contribution >= 4 is 23.4 Å². The molecule has 1 atom stereocenters. The molecule has 108 valence electrons. The van der Waals surface area contributed by atoms with Crippen molar-refractivity contribution in [3.63, 3.8) is 0 Å². The first kappa shape index (κ1) is 14.0. The molecule has 0 spiro atoms. The lowest BCUT2D eigenvalue weighted by atomic mass is 9.77. The van der Waals surface area contributed by atoms with Crippen LogP contribution < -0.4 is 10.2 Å². The summed E-state index contributed by atoms with van der Waals surface area (Å²) in [5.74, 6) is 1.22. The van der Waals surface area contributed by atoms with Gasteiger partial charge < -0.3 is 10.2 Å². The van der Waals surface area contributed by atoms with Crippen LogP contribution in [0.25, 0.3) is 0 Å². The number of rotatable bonds is 1. The van der Waals surface area contributed by atoms with Gasteiger partial charge in [-0.05, 0) is 36.9 Å². The molecule has 2 aliphatic heterocycles. The van der Waals surface area contributed by atoms with E-state index in [1.807, 2.05) is 28.8 Å². The van der Waals surface area contributed by atoms with Gasteiger partial charge in [-0.2, -0.15) is 0 Å². The highest BCUT2D eigenvalue weighted by Crippen LogP contribution is 2.37. The van der Waals surface area contributed by atoms with E-state index in [1.54, 1.807) is 0 Å². The molecule has 1 aromatic carbocycles. The normalized spacial score (nSPS) is 25.1. The predicted octanol–water partition coefficient (Wildman–Crippen LogP) is 2.90. The molecular weight excluding hydrogens is 268 g/mol. The van der Waals surface area contributed by atoms with Crippen LogP contribution in [0.15, 0.2) is 29.2 Å². The van der Waals surface area contributed by atoms with Crippen molar-refractivity contribution in [2.75, 3.05) is 23.7 Å². The number of carbonyl (C=O) groups excluding carboxylic acids is 1. The molecule has 1 fully saturated rings. The molecule has 1 N–H and O–H groups in total. The third kappa shape index (κ3) is 2.47. The number of hydrogen-bond acceptors (Lipinski definition) is 3. The smallest absolute Gasteiger partial charge is 0.244 e. The average molecular weight is 290 g/mol. The second-order valence-electron chi connectivity index (χ2n) is 6.29. The minimum atomic E-state index is -0.0626. The van der Waals surface area contributed by atoms with Crippen molar-refractivity contribution < 1.29 is 4.79 Å². The van der Waals surface area contributed by atoms with Gasteiger partial charge >= 0.3 is 0 Å². The van der Waals surface area contributed by atoms with Gasteiger partial charge in [-0.3, -0.25) is 4.79 Å². The lowest BCUT2D eigenvalue weighted by Gasteiger charge is -2.41. The standard InChI is InChI=1S/C16H22N2OS/c1-16(2)8-5-9-17-14(16)15(19)18-10-11-20-13-7-4-3-6-12(13)18/h3-4,6-7,14,17H,5,8-11H2,1-2H3. The zero-order valence-corrected chi connectivity index (χ0v) is 13.0. The number of piperidine rings is 1. The van der Waals surface area contributed by atoms with Gasteiger partial charge in [-0.15, -0.1) is 11.8 Å². The Hall–Kier alpha value is -1.00. The molecule has 1 unspecified atom stereocenters. The van der Waals surface area contributed by atoms with Crippen LogP contribution in [0.3, 0.4) is 0 Å². The minimum Gasteiger partial charge on any atom is -0.309 e. The average Bonchev–Trinajstić information content (AvgIpc) is 2.45. The fourth-order valence-corrected chi connectivity index (χ4v) is 4.18. The number of carbonyl (C=O) groups is 1. The van der Waals surface area contributed by atoms with E-state index in [0.29, 0.717) is 0 Å². The van der Waals surface area contributed by atoms with Crippen LogP contribution in [-0.2, 0) is 4.79 Å². The summed E-state index contributed by atoms with van der Waals surface area (Å²) in [4.78, 5) is 16.2. The second kappa shape index (κ2) is 5.41. The Bertz CT molecular complexity index is 515. The van der Waals surface area contributed by atoms with Crippen LogP contribution in [0, 0.1) is 5.41 Å². The summed E-state index contributed by atoms with van der Waals surface area (Å²) >= 11 is 1.84. The number of nitrogens with zero attached hydrogens (tertiary/aromatic N) is 1. The van der Waals surface area contributed by atoms with E-state index in [1.165, 1.54) is 4.90 Å². The van der Waals surface area contributed by atoms with Crippen LogP contribution in [0.5, 0.6) is 0 Å². The largest absolute Gasteiger partial charge is 0.309 e. The summed E-state index contributed by atoms with van der Waals surface area (Å²) < 4.78 is 0. The number of thioether (sulfide) groups is 1. The number of benzene rings is 1. The first-order chi connectivity index (χ1) is 9.59. The Morgan fingerprint density at radius 2 is 2.20 bits per heavy atom. The number of amides is 1. The van der Waals surface area contributed by atoms with E-state index >= 15 is 0 Å². The van der Waals surface area contributed by atoms with Crippen molar-refractivity contribution in [1.29, 1.82) is 0 Å². The molecular formula is C16H22N2OS.